The summed E-state index contributed by atoms with van der Waals surface area (Å²) in [6.45, 7) is 6.54. The van der Waals surface area contributed by atoms with Gasteiger partial charge in [-0.05, 0) is 52.9 Å². The fourth-order valence-corrected chi connectivity index (χ4v) is 3.96. The molecule has 0 bridgehead atoms. The molecule has 4 amide bonds. The second-order valence-electron chi connectivity index (χ2n) is 9.85. The highest BCUT2D eigenvalue weighted by molar-refractivity contribution is 6.10. The molecule has 4 rings (SSSR count). The Bertz CT molecular complexity index is 1290. The monoisotopic (exact) mass is 483 g/mol. The molecule has 0 aliphatic carbocycles. The van der Waals surface area contributed by atoms with Gasteiger partial charge in [-0.15, -0.1) is 0 Å². The van der Waals surface area contributed by atoms with Crippen molar-refractivity contribution in [2.24, 2.45) is 0 Å². The van der Waals surface area contributed by atoms with E-state index < -0.39 is 0 Å². The lowest BCUT2D eigenvalue weighted by Gasteiger charge is -2.19. The summed E-state index contributed by atoms with van der Waals surface area (Å²) in [4.78, 5) is 50.6. The zero-order valence-electron chi connectivity index (χ0n) is 20.6. The van der Waals surface area contributed by atoms with Gasteiger partial charge in [0.05, 0.1) is 17.9 Å². The van der Waals surface area contributed by atoms with Gasteiger partial charge in [0.1, 0.15) is 0 Å². The number of para-hydroxylation sites is 2. The molecular weight excluding hydrogens is 454 g/mol. The number of imide groups is 1. The third-order valence-electron chi connectivity index (χ3n) is 6.15. The third-order valence-corrected chi connectivity index (χ3v) is 6.15. The number of anilines is 2. The van der Waals surface area contributed by atoms with Gasteiger partial charge in [-0.2, -0.15) is 0 Å². The average Bonchev–Trinajstić information content (AvgIpc) is 3.17. The topological polar surface area (TPSA) is 95.6 Å². The summed E-state index contributed by atoms with van der Waals surface area (Å²) < 4.78 is 0. The van der Waals surface area contributed by atoms with E-state index in [4.69, 9.17) is 0 Å². The van der Waals surface area contributed by atoms with Gasteiger partial charge in [0, 0.05) is 24.0 Å². The predicted octanol–water partition coefficient (Wildman–Crippen LogP) is 5.14. The maximum Gasteiger partial charge on any atom is 0.255 e. The third kappa shape index (κ3) is 5.68. The Morgan fingerprint density at radius 2 is 1.17 bits per heavy atom. The first-order chi connectivity index (χ1) is 17.1. The van der Waals surface area contributed by atoms with Crippen LogP contribution in [0.4, 0.5) is 11.4 Å². The molecule has 0 aromatic heterocycles. The molecule has 3 aromatic rings. The molecule has 1 fully saturated rings. The molecule has 7 heteroatoms. The van der Waals surface area contributed by atoms with E-state index >= 15 is 0 Å². The lowest BCUT2D eigenvalue weighted by atomic mass is 9.87. The zero-order valence-corrected chi connectivity index (χ0v) is 20.6. The average molecular weight is 484 g/mol. The minimum atomic E-state index is -0.342. The van der Waals surface area contributed by atoms with Gasteiger partial charge < -0.3 is 10.6 Å². The zero-order chi connectivity index (χ0) is 25.9. The number of hydrogen-bond donors (Lipinski definition) is 2. The van der Waals surface area contributed by atoms with Crippen molar-refractivity contribution in [3.05, 3.63) is 95.1 Å². The van der Waals surface area contributed by atoms with Crippen LogP contribution in [0.2, 0.25) is 0 Å². The number of carbonyl (C=O) groups is 4. The molecule has 1 heterocycles. The molecule has 0 radical (unpaired) electrons. The number of amides is 4. The fourth-order valence-electron chi connectivity index (χ4n) is 3.96. The summed E-state index contributed by atoms with van der Waals surface area (Å²) in [5.74, 6) is -0.963. The van der Waals surface area contributed by atoms with Crippen LogP contribution >= 0.6 is 0 Å². The highest BCUT2D eigenvalue weighted by Crippen LogP contribution is 2.25. The van der Waals surface area contributed by atoms with E-state index in [1.165, 1.54) is 4.90 Å². The SMILES string of the molecule is CC(C)(C)c1ccc(C(=O)Nc2ccccc2NC(=O)c2ccc(CN3C(=O)CCC3=O)cc2)cc1. The Morgan fingerprint density at radius 1 is 0.722 bits per heavy atom. The summed E-state index contributed by atoms with van der Waals surface area (Å²) in [7, 11) is 0. The smallest absolute Gasteiger partial charge is 0.255 e. The Labute approximate surface area is 210 Å². The first-order valence-corrected chi connectivity index (χ1v) is 11.9. The molecule has 0 saturated carbocycles. The summed E-state index contributed by atoms with van der Waals surface area (Å²) in [6.07, 6.45) is 0.495. The Balaban J connectivity index is 1.42. The molecule has 0 spiro atoms. The first kappa shape index (κ1) is 24.9. The van der Waals surface area contributed by atoms with Crippen LogP contribution in [0.15, 0.2) is 72.8 Å². The van der Waals surface area contributed by atoms with E-state index in [2.05, 4.69) is 31.4 Å². The first-order valence-electron chi connectivity index (χ1n) is 11.9. The number of rotatable bonds is 6. The number of likely N-dealkylation sites (tertiary alicyclic amines) is 1. The van der Waals surface area contributed by atoms with Gasteiger partial charge in [-0.3, -0.25) is 24.1 Å². The molecule has 0 unspecified atom stereocenters. The molecule has 7 nitrogen and oxygen atoms in total. The molecule has 36 heavy (non-hydrogen) atoms. The second-order valence-corrected chi connectivity index (χ2v) is 9.85. The fraction of sp³-hybridized carbons (Fsp3) is 0.241. The summed E-state index contributed by atoms with van der Waals surface area (Å²) >= 11 is 0. The summed E-state index contributed by atoms with van der Waals surface area (Å²) in [6, 6.07) is 21.2. The number of benzene rings is 3. The maximum absolute atomic E-state index is 12.9. The van der Waals surface area contributed by atoms with E-state index in [0.717, 1.165) is 11.1 Å². The minimum Gasteiger partial charge on any atom is -0.320 e. The van der Waals surface area contributed by atoms with Crippen LogP contribution in [0.3, 0.4) is 0 Å². The number of nitrogens with zero attached hydrogens (tertiary/aromatic N) is 1. The lowest BCUT2D eigenvalue weighted by molar-refractivity contribution is -0.139. The molecule has 2 N–H and O–H groups in total. The van der Waals surface area contributed by atoms with Crippen molar-refractivity contribution >= 4 is 35.0 Å². The summed E-state index contributed by atoms with van der Waals surface area (Å²) in [5, 5.41) is 5.72. The molecule has 1 saturated heterocycles. The molecule has 1 aliphatic rings. The van der Waals surface area contributed by atoms with Crippen molar-refractivity contribution in [2.45, 2.75) is 45.6 Å². The van der Waals surface area contributed by atoms with Crippen molar-refractivity contribution < 1.29 is 19.2 Å². The van der Waals surface area contributed by atoms with Gasteiger partial charge in [0.25, 0.3) is 11.8 Å². The van der Waals surface area contributed by atoms with Gasteiger partial charge in [0.2, 0.25) is 11.8 Å². The number of nitrogens with one attached hydrogen (secondary N) is 2. The minimum absolute atomic E-state index is 0.00683. The van der Waals surface area contributed by atoms with Gasteiger partial charge in [-0.25, -0.2) is 0 Å². The lowest BCUT2D eigenvalue weighted by Crippen LogP contribution is -2.28. The van der Waals surface area contributed by atoms with Gasteiger partial charge >= 0.3 is 0 Å². The normalized spacial score (nSPS) is 13.6. The Kier molecular flexibility index (Phi) is 7.01. The molecule has 3 aromatic carbocycles. The van der Waals surface area contributed by atoms with E-state index in [-0.39, 0.29) is 48.4 Å². The molecular formula is C29H29N3O4. The van der Waals surface area contributed by atoms with Crippen molar-refractivity contribution in [3.63, 3.8) is 0 Å². The quantitative estimate of drug-likeness (QED) is 0.475. The van der Waals surface area contributed by atoms with Crippen LogP contribution in [0.5, 0.6) is 0 Å². The van der Waals surface area contributed by atoms with Crippen molar-refractivity contribution in [3.8, 4) is 0 Å². The van der Waals surface area contributed by atoms with Crippen LogP contribution < -0.4 is 10.6 Å². The van der Waals surface area contributed by atoms with E-state index in [1.807, 2.05) is 12.1 Å². The Hall–Kier alpha value is -4.26. The highest BCUT2D eigenvalue weighted by Gasteiger charge is 2.28. The van der Waals surface area contributed by atoms with Crippen LogP contribution in [-0.2, 0) is 21.5 Å². The van der Waals surface area contributed by atoms with Crippen molar-refractivity contribution in [1.29, 1.82) is 0 Å². The molecule has 184 valence electrons. The van der Waals surface area contributed by atoms with Crippen LogP contribution in [-0.4, -0.2) is 28.5 Å². The number of carbonyl (C=O) groups excluding carboxylic acids is 4. The maximum atomic E-state index is 12.9. The van der Waals surface area contributed by atoms with E-state index in [9.17, 15) is 19.2 Å². The largest absolute Gasteiger partial charge is 0.320 e. The summed E-state index contributed by atoms with van der Waals surface area (Å²) in [5.41, 5.74) is 3.79. The second kappa shape index (κ2) is 10.2. The molecule has 1 aliphatic heterocycles. The van der Waals surface area contributed by atoms with Crippen LogP contribution in [0, 0.1) is 0 Å². The Morgan fingerprint density at radius 3 is 1.61 bits per heavy atom. The number of hydrogen-bond acceptors (Lipinski definition) is 4. The highest BCUT2D eigenvalue weighted by atomic mass is 16.2. The van der Waals surface area contributed by atoms with E-state index in [0.29, 0.717) is 22.5 Å². The molecule has 0 atom stereocenters. The van der Waals surface area contributed by atoms with E-state index in [1.54, 1.807) is 60.7 Å². The van der Waals surface area contributed by atoms with Gasteiger partial charge in [0.15, 0.2) is 0 Å². The van der Waals surface area contributed by atoms with Gasteiger partial charge in [-0.1, -0.05) is 57.2 Å². The predicted molar refractivity (Wildman–Crippen MR) is 139 cm³/mol. The van der Waals surface area contributed by atoms with Crippen molar-refractivity contribution in [1.82, 2.24) is 4.90 Å². The standard InChI is InChI=1S/C29H29N3O4/c1-29(2,3)22-14-12-21(13-15-22)28(36)31-24-7-5-4-6-23(24)30-27(35)20-10-8-19(9-11-20)18-32-25(33)16-17-26(32)34/h4-15H,16-18H2,1-3H3,(H,30,35)(H,31,36). The van der Waals surface area contributed by atoms with Crippen molar-refractivity contribution in [2.75, 3.05) is 10.6 Å². The van der Waals surface area contributed by atoms with Crippen LogP contribution in [0.1, 0.15) is 65.5 Å². The van der Waals surface area contributed by atoms with Crippen LogP contribution in [0.25, 0.3) is 0 Å².